The molecule has 2 unspecified atom stereocenters. The number of nitrogens with one attached hydrogen (secondary N) is 2. The van der Waals surface area contributed by atoms with Gasteiger partial charge < -0.3 is 10.6 Å². The Morgan fingerprint density at radius 1 is 0.744 bits per heavy atom. The Hall–Kier alpha value is -2.70. The zero-order valence-corrected chi connectivity index (χ0v) is 25.1. The van der Waals surface area contributed by atoms with Crippen molar-refractivity contribution in [1.82, 2.24) is 9.80 Å². The van der Waals surface area contributed by atoms with Gasteiger partial charge in [-0.05, 0) is 109 Å². The van der Waals surface area contributed by atoms with Crippen LogP contribution in [0.15, 0.2) is 36.4 Å². The monoisotopic (exact) mass is 534 g/mol. The summed E-state index contributed by atoms with van der Waals surface area (Å²) in [7, 11) is 2.04. The molecular weight excluding hydrogens is 484 g/mol. The summed E-state index contributed by atoms with van der Waals surface area (Å²) in [5.74, 6) is 0.304. The minimum Gasteiger partial charge on any atom is -0.324 e. The molecule has 2 amide bonds. The minimum atomic E-state index is 0.0257. The van der Waals surface area contributed by atoms with Gasteiger partial charge >= 0.3 is 0 Å². The Balaban J connectivity index is 0.000000218. The first kappa shape index (κ1) is 30.8. The van der Waals surface area contributed by atoms with Crippen LogP contribution in [0.4, 0.5) is 11.4 Å². The summed E-state index contributed by atoms with van der Waals surface area (Å²) in [6.45, 7) is 13.5. The van der Waals surface area contributed by atoms with Crippen LogP contribution in [0.25, 0.3) is 0 Å². The molecule has 2 saturated heterocycles. The molecule has 2 atom stereocenters. The van der Waals surface area contributed by atoms with E-state index in [1.165, 1.54) is 25.7 Å². The summed E-state index contributed by atoms with van der Waals surface area (Å²) in [5, 5.41) is 6.27. The first-order valence-electron chi connectivity index (χ1n) is 14.9. The van der Waals surface area contributed by atoms with Crippen molar-refractivity contribution in [3.8, 4) is 0 Å². The number of piperidine rings is 2. The average Bonchev–Trinajstić information content (AvgIpc) is 2.92. The third-order valence-corrected chi connectivity index (χ3v) is 8.25. The maximum Gasteiger partial charge on any atom is 0.241 e. The SMILES string of the molecule is CCCCN1CCCCC1C(=O)Nc1c(C)cccc1C.Cc1cccc(C)c1NC(=O)C1CCCCN1C. The fourth-order valence-electron chi connectivity index (χ4n) is 5.76. The van der Waals surface area contributed by atoms with Gasteiger partial charge in [-0.3, -0.25) is 19.4 Å². The van der Waals surface area contributed by atoms with Crippen molar-refractivity contribution in [2.24, 2.45) is 0 Å². The Kier molecular flexibility index (Phi) is 12.0. The number of carbonyl (C=O) groups is 2. The number of anilines is 2. The van der Waals surface area contributed by atoms with E-state index in [0.717, 1.165) is 78.9 Å². The molecule has 0 saturated carbocycles. The minimum absolute atomic E-state index is 0.0257. The van der Waals surface area contributed by atoms with Crippen LogP contribution in [0.5, 0.6) is 0 Å². The summed E-state index contributed by atoms with van der Waals surface area (Å²) >= 11 is 0. The van der Waals surface area contributed by atoms with E-state index < -0.39 is 0 Å². The quantitative estimate of drug-likeness (QED) is 0.419. The number of benzene rings is 2. The van der Waals surface area contributed by atoms with Gasteiger partial charge in [0.1, 0.15) is 0 Å². The van der Waals surface area contributed by atoms with Crippen molar-refractivity contribution < 1.29 is 9.59 Å². The predicted molar refractivity (Wildman–Crippen MR) is 163 cm³/mol. The van der Waals surface area contributed by atoms with Gasteiger partial charge in [-0.1, -0.05) is 62.6 Å². The van der Waals surface area contributed by atoms with Crippen molar-refractivity contribution in [3.63, 3.8) is 0 Å². The highest BCUT2D eigenvalue weighted by molar-refractivity contribution is 5.96. The van der Waals surface area contributed by atoms with E-state index in [1.54, 1.807) is 0 Å². The van der Waals surface area contributed by atoms with Crippen molar-refractivity contribution in [2.75, 3.05) is 37.3 Å². The summed E-state index contributed by atoms with van der Waals surface area (Å²) in [6.07, 6.45) is 9.03. The molecule has 4 rings (SSSR count). The lowest BCUT2D eigenvalue weighted by Gasteiger charge is -2.34. The van der Waals surface area contributed by atoms with Crippen LogP contribution in [-0.2, 0) is 9.59 Å². The van der Waals surface area contributed by atoms with Crippen LogP contribution in [0.3, 0.4) is 0 Å². The van der Waals surface area contributed by atoms with Crippen LogP contribution in [0.1, 0.15) is 80.5 Å². The Bertz CT molecular complexity index is 1060. The number of likely N-dealkylation sites (tertiary alicyclic amines) is 2. The average molecular weight is 535 g/mol. The zero-order valence-electron chi connectivity index (χ0n) is 25.1. The number of hydrogen-bond donors (Lipinski definition) is 2. The zero-order chi connectivity index (χ0) is 28.4. The molecule has 0 radical (unpaired) electrons. The molecule has 6 nitrogen and oxygen atoms in total. The number of rotatable bonds is 7. The molecule has 2 aliphatic rings. The van der Waals surface area contributed by atoms with E-state index in [9.17, 15) is 9.59 Å². The van der Waals surface area contributed by atoms with Crippen LogP contribution < -0.4 is 10.6 Å². The maximum atomic E-state index is 12.7. The molecular formula is C33H50N4O2. The first-order valence-corrected chi connectivity index (χ1v) is 14.9. The first-order chi connectivity index (χ1) is 18.7. The summed E-state index contributed by atoms with van der Waals surface area (Å²) < 4.78 is 0. The van der Waals surface area contributed by atoms with Gasteiger partial charge in [0.25, 0.3) is 0 Å². The molecule has 0 bridgehead atoms. The van der Waals surface area contributed by atoms with Crippen molar-refractivity contribution in [2.45, 2.75) is 98.1 Å². The van der Waals surface area contributed by atoms with Crippen LogP contribution in [0, 0.1) is 27.7 Å². The molecule has 2 aliphatic heterocycles. The molecule has 39 heavy (non-hydrogen) atoms. The summed E-state index contributed by atoms with van der Waals surface area (Å²) in [5.41, 5.74) is 6.49. The molecule has 2 N–H and O–H groups in total. The number of aryl methyl sites for hydroxylation is 4. The van der Waals surface area contributed by atoms with Crippen molar-refractivity contribution >= 4 is 23.2 Å². The predicted octanol–water partition coefficient (Wildman–Crippen LogP) is 6.62. The Labute approximate surface area is 236 Å². The van der Waals surface area contributed by atoms with Gasteiger partial charge in [-0.2, -0.15) is 0 Å². The van der Waals surface area contributed by atoms with E-state index in [-0.39, 0.29) is 23.9 Å². The number of amides is 2. The van der Waals surface area contributed by atoms with E-state index in [4.69, 9.17) is 0 Å². The highest BCUT2D eigenvalue weighted by Gasteiger charge is 2.29. The second-order valence-corrected chi connectivity index (χ2v) is 11.4. The van der Waals surface area contributed by atoms with Gasteiger partial charge in [-0.25, -0.2) is 0 Å². The lowest BCUT2D eigenvalue weighted by molar-refractivity contribution is -0.123. The lowest BCUT2D eigenvalue weighted by atomic mass is 10.00. The molecule has 0 spiro atoms. The van der Waals surface area contributed by atoms with Gasteiger partial charge in [0.05, 0.1) is 12.1 Å². The van der Waals surface area contributed by atoms with E-state index >= 15 is 0 Å². The van der Waals surface area contributed by atoms with Crippen LogP contribution in [-0.4, -0.2) is 60.4 Å². The number of carbonyl (C=O) groups excluding carboxylic acids is 2. The standard InChI is InChI=1S/C18H28N2O.C15H22N2O/c1-4-5-12-20-13-7-6-11-16(20)18(21)19-17-14(2)9-8-10-15(17)3;1-11-7-6-8-12(2)14(11)16-15(18)13-9-4-5-10-17(13)3/h8-10,16H,4-7,11-13H2,1-3H3,(H,19,21);6-8,13H,4-5,9-10H2,1-3H3,(H,16,18). The molecule has 0 aromatic heterocycles. The number of para-hydroxylation sites is 2. The van der Waals surface area contributed by atoms with Gasteiger partial charge in [-0.15, -0.1) is 0 Å². The highest BCUT2D eigenvalue weighted by atomic mass is 16.2. The Morgan fingerprint density at radius 3 is 1.69 bits per heavy atom. The van der Waals surface area contributed by atoms with Crippen LogP contribution in [0.2, 0.25) is 0 Å². The molecule has 6 heteroatoms. The molecule has 2 heterocycles. The molecule has 2 aromatic carbocycles. The van der Waals surface area contributed by atoms with E-state index in [2.05, 4.69) is 53.3 Å². The second-order valence-electron chi connectivity index (χ2n) is 11.4. The van der Waals surface area contributed by atoms with Gasteiger partial charge in [0, 0.05) is 11.4 Å². The second kappa shape index (κ2) is 15.2. The fourth-order valence-corrected chi connectivity index (χ4v) is 5.76. The topological polar surface area (TPSA) is 64.7 Å². The normalized spacial score (nSPS) is 20.1. The smallest absolute Gasteiger partial charge is 0.241 e. The Morgan fingerprint density at radius 2 is 1.21 bits per heavy atom. The molecule has 0 aliphatic carbocycles. The largest absolute Gasteiger partial charge is 0.324 e. The van der Waals surface area contributed by atoms with Crippen molar-refractivity contribution in [3.05, 3.63) is 58.7 Å². The number of likely N-dealkylation sites (N-methyl/N-ethyl adjacent to an activating group) is 1. The van der Waals surface area contributed by atoms with Gasteiger partial charge in [0.15, 0.2) is 0 Å². The fraction of sp³-hybridized carbons (Fsp3) is 0.576. The summed E-state index contributed by atoms with van der Waals surface area (Å²) in [4.78, 5) is 29.6. The molecule has 2 fully saturated rings. The van der Waals surface area contributed by atoms with Crippen molar-refractivity contribution in [1.29, 1.82) is 0 Å². The molecule has 2 aromatic rings. The lowest BCUT2D eigenvalue weighted by Crippen LogP contribution is -2.47. The third-order valence-electron chi connectivity index (χ3n) is 8.25. The summed E-state index contributed by atoms with van der Waals surface area (Å²) in [6, 6.07) is 12.3. The highest BCUT2D eigenvalue weighted by Crippen LogP contribution is 2.24. The van der Waals surface area contributed by atoms with Crippen LogP contribution >= 0.6 is 0 Å². The maximum absolute atomic E-state index is 12.7. The number of nitrogens with zero attached hydrogens (tertiary/aromatic N) is 2. The van der Waals surface area contributed by atoms with E-state index in [1.807, 2.05) is 45.2 Å². The number of hydrogen-bond acceptors (Lipinski definition) is 4. The molecule has 214 valence electrons. The van der Waals surface area contributed by atoms with Gasteiger partial charge in [0.2, 0.25) is 11.8 Å². The van der Waals surface area contributed by atoms with E-state index in [0.29, 0.717) is 0 Å². The number of unbranched alkanes of at least 4 members (excludes halogenated alkanes) is 1. The third kappa shape index (κ3) is 8.64.